The van der Waals surface area contributed by atoms with Gasteiger partial charge in [-0.15, -0.1) is 22.7 Å². The molecule has 0 saturated heterocycles. The number of amides is 1. The fraction of sp³-hybridized carbons (Fsp3) is 0.176. The van der Waals surface area contributed by atoms with Crippen molar-refractivity contribution in [3.63, 3.8) is 0 Å². The Morgan fingerprint density at radius 2 is 2.14 bits per heavy atom. The molecule has 3 nitrogen and oxygen atoms in total. The molecule has 2 heterocycles. The second-order valence-corrected chi connectivity index (χ2v) is 6.71. The van der Waals surface area contributed by atoms with Crippen molar-refractivity contribution < 1.29 is 4.79 Å². The van der Waals surface area contributed by atoms with Crippen LogP contribution in [0.5, 0.6) is 0 Å². The summed E-state index contributed by atoms with van der Waals surface area (Å²) < 4.78 is 0. The summed E-state index contributed by atoms with van der Waals surface area (Å²) in [6.07, 6.45) is 1.26. The Morgan fingerprint density at radius 3 is 2.91 bits per heavy atom. The number of carbonyl (C=O) groups is 1. The van der Waals surface area contributed by atoms with E-state index in [9.17, 15) is 4.79 Å². The summed E-state index contributed by atoms with van der Waals surface area (Å²) in [6.45, 7) is 2.10. The van der Waals surface area contributed by atoms with E-state index in [-0.39, 0.29) is 5.91 Å². The molecule has 0 aliphatic rings. The van der Waals surface area contributed by atoms with Gasteiger partial charge in [-0.3, -0.25) is 4.79 Å². The van der Waals surface area contributed by atoms with Crippen LogP contribution in [-0.2, 0) is 17.6 Å². The zero-order valence-corrected chi connectivity index (χ0v) is 13.8. The molecule has 22 heavy (non-hydrogen) atoms. The minimum Gasteiger partial charge on any atom is -0.326 e. The van der Waals surface area contributed by atoms with E-state index in [0.717, 1.165) is 27.7 Å². The summed E-state index contributed by atoms with van der Waals surface area (Å²) in [6, 6.07) is 12.0. The van der Waals surface area contributed by atoms with Crippen LogP contribution in [-0.4, -0.2) is 10.9 Å². The quantitative estimate of drug-likeness (QED) is 0.743. The van der Waals surface area contributed by atoms with E-state index >= 15 is 0 Å². The predicted octanol–water partition coefficient (Wildman–Crippen LogP) is 4.62. The van der Waals surface area contributed by atoms with Crippen LogP contribution in [0.4, 0.5) is 5.69 Å². The molecule has 1 N–H and O–H groups in total. The number of anilines is 1. The first-order valence-corrected chi connectivity index (χ1v) is 8.87. The van der Waals surface area contributed by atoms with Crippen LogP contribution in [0.15, 0.2) is 47.2 Å². The van der Waals surface area contributed by atoms with E-state index in [1.807, 2.05) is 41.1 Å². The molecule has 5 heteroatoms. The Labute approximate surface area is 137 Å². The van der Waals surface area contributed by atoms with E-state index in [0.29, 0.717) is 6.42 Å². The number of nitrogens with one attached hydrogen (secondary N) is 1. The summed E-state index contributed by atoms with van der Waals surface area (Å²) in [4.78, 5) is 17.8. The van der Waals surface area contributed by atoms with Gasteiger partial charge in [0.25, 0.3) is 0 Å². The van der Waals surface area contributed by atoms with Crippen LogP contribution in [0, 0.1) is 0 Å². The summed E-state index contributed by atoms with van der Waals surface area (Å²) in [7, 11) is 0. The normalized spacial score (nSPS) is 10.6. The second kappa shape index (κ2) is 6.85. The third-order valence-electron chi connectivity index (χ3n) is 3.24. The molecule has 0 saturated carbocycles. The average molecular weight is 328 g/mol. The largest absolute Gasteiger partial charge is 0.326 e. The highest BCUT2D eigenvalue weighted by Crippen LogP contribution is 2.27. The molecule has 0 aliphatic carbocycles. The minimum atomic E-state index is -0.0312. The van der Waals surface area contributed by atoms with Crippen molar-refractivity contribution in [2.45, 2.75) is 19.8 Å². The lowest BCUT2D eigenvalue weighted by molar-refractivity contribution is -0.115. The number of nitrogens with zero attached hydrogens (tertiary/aromatic N) is 1. The maximum Gasteiger partial charge on any atom is 0.230 e. The van der Waals surface area contributed by atoms with Gasteiger partial charge in [0.05, 0.1) is 17.0 Å². The molecule has 0 radical (unpaired) electrons. The smallest absolute Gasteiger partial charge is 0.230 e. The Hall–Kier alpha value is -1.98. The fourth-order valence-electron chi connectivity index (χ4n) is 2.14. The molecule has 1 amide bonds. The number of hydrogen-bond donors (Lipinski definition) is 1. The molecular weight excluding hydrogens is 312 g/mol. The lowest BCUT2D eigenvalue weighted by Crippen LogP contribution is -2.14. The van der Waals surface area contributed by atoms with Gasteiger partial charge in [0.15, 0.2) is 0 Å². The number of rotatable bonds is 5. The topological polar surface area (TPSA) is 42.0 Å². The summed E-state index contributed by atoms with van der Waals surface area (Å²) in [5.74, 6) is -0.0312. The Morgan fingerprint density at radius 1 is 1.23 bits per heavy atom. The number of thiophene rings is 1. The number of hydrogen-bond acceptors (Lipinski definition) is 4. The first-order chi connectivity index (χ1) is 10.7. The third kappa shape index (κ3) is 3.61. The van der Waals surface area contributed by atoms with Crippen molar-refractivity contribution in [1.82, 2.24) is 4.98 Å². The highest BCUT2D eigenvalue weighted by atomic mass is 32.1. The maximum absolute atomic E-state index is 12.1. The minimum absolute atomic E-state index is 0.0312. The molecule has 0 unspecified atom stereocenters. The van der Waals surface area contributed by atoms with Crippen LogP contribution in [0.2, 0.25) is 0 Å². The molecule has 0 bridgehead atoms. The molecule has 3 rings (SSSR count). The number of carbonyl (C=O) groups excluding carboxylic acids is 1. The maximum atomic E-state index is 12.1. The Kier molecular flexibility index (Phi) is 4.65. The highest BCUT2D eigenvalue weighted by molar-refractivity contribution is 7.20. The van der Waals surface area contributed by atoms with Crippen LogP contribution in [0.25, 0.3) is 9.88 Å². The number of aromatic nitrogens is 1. The van der Waals surface area contributed by atoms with Gasteiger partial charge in [-0.2, -0.15) is 0 Å². The molecule has 3 aromatic rings. The molecule has 0 fully saturated rings. The predicted molar refractivity (Wildman–Crippen MR) is 93.6 cm³/mol. The van der Waals surface area contributed by atoms with Crippen molar-refractivity contribution in [2.75, 3.05) is 5.32 Å². The fourth-order valence-corrected chi connectivity index (χ4v) is 3.77. The molecular formula is C17H16N2OS2. The second-order valence-electron chi connectivity index (χ2n) is 4.90. The molecule has 1 aromatic carbocycles. The van der Waals surface area contributed by atoms with Gasteiger partial charge in [-0.05, 0) is 35.6 Å². The zero-order valence-electron chi connectivity index (χ0n) is 12.2. The van der Waals surface area contributed by atoms with Gasteiger partial charge in [0.2, 0.25) is 5.91 Å². The van der Waals surface area contributed by atoms with E-state index in [1.165, 1.54) is 5.56 Å². The molecule has 112 valence electrons. The third-order valence-corrected chi connectivity index (χ3v) is 5.17. The summed E-state index contributed by atoms with van der Waals surface area (Å²) >= 11 is 3.24. The first kappa shape index (κ1) is 14.9. The van der Waals surface area contributed by atoms with Crippen molar-refractivity contribution in [1.29, 1.82) is 0 Å². The monoisotopic (exact) mass is 328 g/mol. The summed E-state index contributed by atoms with van der Waals surface area (Å²) in [5, 5.41) is 7.90. The van der Waals surface area contributed by atoms with Gasteiger partial charge < -0.3 is 5.32 Å². The standard InChI is InChI=1S/C17H16N2OS2/c1-2-12-5-3-6-13(9-12)18-16(20)10-14-11-22-17(19-14)15-7-4-8-21-15/h3-9,11H,2,10H2,1H3,(H,18,20). The average Bonchev–Trinajstić information content (AvgIpc) is 3.18. The molecule has 0 spiro atoms. The van der Waals surface area contributed by atoms with Crippen molar-refractivity contribution >= 4 is 34.3 Å². The van der Waals surface area contributed by atoms with Crippen molar-refractivity contribution in [3.8, 4) is 9.88 Å². The Bertz CT molecular complexity index is 763. The number of thiazole rings is 1. The van der Waals surface area contributed by atoms with E-state index in [4.69, 9.17) is 0 Å². The van der Waals surface area contributed by atoms with Gasteiger partial charge in [0.1, 0.15) is 5.01 Å². The van der Waals surface area contributed by atoms with E-state index in [1.54, 1.807) is 22.7 Å². The lowest BCUT2D eigenvalue weighted by Gasteiger charge is -2.05. The van der Waals surface area contributed by atoms with Crippen molar-refractivity contribution in [3.05, 3.63) is 58.4 Å². The molecule has 0 aliphatic heterocycles. The van der Waals surface area contributed by atoms with Gasteiger partial charge in [0, 0.05) is 11.1 Å². The number of benzene rings is 1. The first-order valence-electron chi connectivity index (χ1n) is 7.11. The SMILES string of the molecule is CCc1cccc(NC(=O)Cc2csc(-c3cccs3)n2)c1. The van der Waals surface area contributed by atoms with Crippen molar-refractivity contribution in [2.24, 2.45) is 0 Å². The zero-order chi connectivity index (χ0) is 15.4. The number of aryl methyl sites for hydroxylation is 1. The van der Waals surface area contributed by atoms with Crippen LogP contribution >= 0.6 is 22.7 Å². The van der Waals surface area contributed by atoms with E-state index < -0.39 is 0 Å². The van der Waals surface area contributed by atoms with E-state index in [2.05, 4.69) is 23.3 Å². The Balaban J connectivity index is 1.64. The van der Waals surface area contributed by atoms with Gasteiger partial charge >= 0.3 is 0 Å². The summed E-state index contributed by atoms with van der Waals surface area (Å²) in [5.41, 5.74) is 2.88. The highest BCUT2D eigenvalue weighted by Gasteiger charge is 2.10. The lowest BCUT2D eigenvalue weighted by atomic mass is 10.1. The molecule has 0 atom stereocenters. The van der Waals surface area contributed by atoms with Gasteiger partial charge in [-0.1, -0.05) is 25.1 Å². The van der Waals surface area contributed by atoms with Gasteiger partial charge in [-0.25, -0.2) is 4.98 Å². The van der Waals surface area contributed by atoms with Crippen LogP contribution in [0.1, 0.15) is 18.2 Å². The van der Waals surface area contributed by atoms with Crippen LogP contribution < -0.4 is 5.32 Å². The van der Waals surface area contributed by atoms with Crippen LogP contribution in [0.3, 0.4) is 0 Å². The molecule has 2 aromatic heterocycles.